The maximum absolute atomic E-state index is 12.0. The van der Waals surface area contributed by atoms with Gasteiger partial charge in [-0.05, 0) is 18.8 Å². The lowest BCUT2D eigenvalue weighted by atomic mass is 10.0. The molecule has 0 heterocycles. The van der Waals surface area contributed by atoms with Crippen molar-refractivity contribution in [2.24, 2.45) is 11.7 Å². The van der Waals surface area contributed by atoms with Crippen molar-refractivity contribution in [1.29, 1.82) is 0 Å². The number of aliphatic hydroxyl groups is 1. The number of aliphatic hydroxyl groups excluding tert-OH is 1. The van der Waals surface area contributed by atoms with E-state index < -0.39 is 54.9 Å². The van der Waals surface area contributed by atoms with Crippen LogP contribution >= 0.6 is 0 Å². The number of carboxylic acids is 2. The van der Waals surface area contributed by atoms with Gasteiger partial charge in [0.15, 0.2) is 0 Å². The van der Waals surface area contributed by atoms with Crippen LogP contribution in [0.15, 0.2) is 0 Å². The van der Waals surface area contributed by atoms with Crippen molar-refractivity contribution in [3.63, 3.8) is 0 Å². The summed E-state index contributed by atoms with van der Waals surface area (Å²) >= 11 is 0. The zero-order valence-corrected chi connectivity index (χ0v) is 13.7. The molecule has 2 amide bonds. The number of carbonyl (C=O) groups excluding carboxylic acids is 2. The van der Waals surface area contributed by atoms with Gasteiger partial charge >= 0.3 is 11.9 Å². The first-order valence-corrected chi connectivity index (χ1v) is 7.50. The van der Waals surface area contributed by atoms with Crippen LogP contribution in [0.25, 0.3) is 0 Å². The number of hydrogen-bond donors (Lipinski definition) is 6. The van der Waals surface area contributed by atoms with Gasteiger partial charge in [-0.15, -0.1) is 0 Å². The molecule has 0 aromatic heterocycles. The minimum absolute atomic E-state index is 0.152. The van der Waals surface area contributed by atoms with E-state index in [-0.39, 0.29) is 12.3 Å². The van der Waals surface area contributed by atoms with E-state index in [1.165, 1.54) is 0 Å². The molecule has 7 N–H and O–H groups in total. The number of carbonyl (C=O) groups is 4. The second-order valence-electron chi connectivity index (χ2n) is 5.81. The zero-order chi connectivity index (χ0) is 18.9. The minimum Gasteiger partial charge on any atom is -0.481 e. The molecular formula is C14H25N3O7. The topological polar surface area (TPSA) is 179 Å². The zero-order valence-electron chi connectivity index (χ0n) is 13.7. The number of nitrogens with one attached hydrogen (secondary N) is 2. The fourth-order valence-electron chi connectivity index (χ4n) is 1.89. The number of aliphatic carboxylic acids is 2. The largest absolute Gasteiger partial charge is 0.481 e. The van der Waals surface area contributed by atoms with Gasteiger partial charge in [-0.2, -0.15) is 0 Å². The summed E-state index contributed by atoms with van der Waals surface area (Å²) in [6.07, 6.45) is -0.399. The maximum atomic E-state index is 12.0. The van der Waals surface area contributed by atoms with E-state index in [1.54, 1.807) is 0 Å². The van der Waals surface area contributed by atoms with Gasteiger partial charge in [0.1, 0.15) is 12.1 Å². The van der Waals surface area contributed by atoms with Crippen molar-refractivity contribution in [3.05, 3.63) is 0 Å². The summed E-state index contributed by atoms with van der Waals surface area (Å²) in [5.41, 5.74) is 5.67. The molecule has 138 valence electrons. The number of nitrogens with two attached hydrogens (primary N) is 1. The van der Waals surface area contributed by atoms with Crippen LogP contribution < -0.4 is 16.4 Å². The maximum Gasteiger partial charge on any atom is 0.326 e. The van der Waals surface area contributed by atoms with Gasteiger partial charge in [0, 0.05) is 6.42 Å². The lowest BCUT2D eigenvalue weighted by Gasteiger charge is -2.21. The lowest BCUT2D eigenvalue weighted by molar-refractivity contribution is -0.143. The molecular weight excluding hydrogens is 322 g/mol. The number of rotatable bonds is 11. The molecule has 10 nitrogen and oxygen atoms in total. The van der Waals surface area contributed by atoms with Crippen molar-refractivity contribution in [1.82, 2.24) is 10.6 Å². The van der Waals surface area contributed by atoms with E-state index in [0.717, 1.165) is 0 Å². The Morgan fingerprint density at radius 2 is 1.54 bits per heavy atom. The standard InChI is InChI=1S/C14H25N3O7/c1-7(2)5-8(15)12(21)17-10(6-18)13(22)16-9(14(23)24)3-4-11(19)20/h7-10,18H,3-6,15H2,1-2H3,(H,16,22)(H,17,21)(H,19,20)(H,23,24). The van der Waals surface area contributed by atoms with Crippen LogP contribution in [-0.4, -0.2) is 63.8 Å². The third kappa shape index (κ3) is 8.44. The summed E-state index contributed by atoms with van der Waals surface area (Å²) in [6, 6.07) is -3.68. The molecule has 0 saturated carbocycles. The molecule has 0 fully saturated rings. The van der Waals surface area contributed by atoms with Gasteiger partial charge in [0.2, 0.25) is 11.8 Å². The Labute approximate surface area is 139 Å². The van der Waals surface area contributed by atoms with Gasteiger partial charge < -0.3 is 31.7 Å². The van der Waals surface area contributed by atoms with Crippen molar-refractivity contribution in [3.8, 4) is 0 Å². The average molecular weight is 347 g/mol. The van der Waals surface area contributed by atoms with Crippen LogP contribution in [0.1, 0.15) is 33.1 Å². The predicted octanol–water partition coefficient (Wildman–Crippen LogP) is -1.73. The van der Waals surface area contributed by atoms with Crippen LogP contribution in [-0.2, 0) is 19.2 Å². The second-order valence-corrected chi connectivity index (χ2v) is 5.81. The fourth-order valence-corrected chi connectivity index (χ4v) is 1.89. The van der Waals surface area contributed by atoms with E-state index >= 15 is 0 Å². The molecule has 0 rings (SSSR count). The van der Waals surface area contributed by atoms with E-state index in [1.807, 2.05) is 13.8 Å². The third-order valence-electron chi connectivity index (χ3n) is 3.14. The summed E-state index contributed by atoms with van der Waals surface area (Å²) in [5, 5.41) is 31.1. The number of amides is 2. The molecule has 3 atom stereocenters. The third-order valence-corrected chi connectivity index (χ3v) is 3.14. The summed E-state index contributed by atoms with van der Waals surface area (Å²) in [5.74, 6) is -4.04. The molecule has 0 aliphatic heterocycles. The molecule has 0 aromatic rings. The highest BCUT2D eigenvalue weighted by Gasteiger charge is 2.27. The number of hydrogen-bond acceptors (Lipinski definition) is 6. The summed E-state index contributed by atoms with van der Waals surface area (Å²) < 4.78 is 0. The molecule has 0 saturated heterocycles. The fraction of sp³-hybridized carbons (Fsp3) is 0.714. The van der Waals surface area contributed by atoms with Crippen molar-refractivity contribution < 1.29 is 34.5 Å². The van der Waals surface area contributed by atoms with E-state index in [2.05, 4.69) is 10.6 Å². The molecule has 24 heavy (non-hydrogen) atoms. The van der Waals surface area contributed by atoms with Gasteiger partial charge in [0.25, 0.3) is 0 Å². The molecule has 0 spiro atoms. The Morgan fingerprint density at radius 3 is 1.96 bits per heavy atom. The molecule has 3 unspecified atom stereocenters. The minimum atomic E-state index is -1.44. The Bertz CT molecular complexity index is 467. The lowest BCUT2D eigenvalue weighted by Crippen LogP contribution is -2.56. The first-order valence-electron chi connectivity index (χ1n) is 7.50. The molecule has 0 bridgehead atoms. The molecule has 0 aliphatic carbocycles. The second kappa shape index (κ2) is 10.6. The monoisotopic (exact) mass is 347 g/mol. The normalized spacial score (nSPS) is 14.5. The van der Waals surface area contributed by atoms with E-state index in [0.29, 0.717) is 6.42 Å². The Morgan fingerprint density at radius 1 is 1.00 bits per heavy atom. The molecule has 10 heteroatoms. The highest BCUT2D eigenvalue weighted by molar-refractivity contribution is 5.91. The Balaban J connectivity index is 4.73. The quantitative estimate of drug-likeness (QED) is 0.255. The smallest absolute Gasteiger partial charge is 0.326 e. The molecule has 0 aliphatic rings. The van der Waals surface area contributed by atoms with E-state index in [9.17, 15) is 24.3 Å². The van der Waals surface area contributed by atoms with Gasteiger partial charge in [-0.1, -0.05) is 13.8 Å². The predicted molar refractivity (Wildman–Crippen MR) is 82.9 cm³/mol. The Hall–Kier alpha value is -2.20. The van der Waals surface area contributed by atoms with E-state index in [4.69, 9.17) is 15.9 Å². The van der Waals surface area contributed by atoms with Gasteiger partial charge in [0.05, 0.1) is 12.6 Å². The van der Waals surface area contributed by atoms with Crippen LogP contribution in [0.3, 0.4) is 0 Å². The van der Waals surface area contributed by atoms with Crippen molar-refractivity contribution in [2.75, 3.05) is 6.61 Å². The highest BCUT2D eigenvalue weighted by Crippen LogP contribution is 2.03. The summed E-state index contributed by atoms with van der Waals surface area (Å²) in [7, 11) is 0. The SMILES string of the molecule is CC(C)CC(N)C(=O)NC(CO)C(=O)NC(CCC(=O)O)C(=O)O. The number of carboxylic acid groups (broad SMARTS) is 2. The van der Waals surface area contributed by atoms with Crippen molar-refractivity contribution in [2.45, 2.75) is 51.2 Å². The first kappa shape index (κ1) is 21.8. The van der Waals surface area contributed by atoms with Crippen LogP contribution in [0.5, 0.6) is 0 Å². The average Bonchev–Trinajstić information content (AvgIpc) is 2.47. The van der Waals surface area contributed by atoms with Gasteiger partial charge in [-0.3, -0.25) is 14.4 Å². The van der Waals surface area contributed by atoms with Crippen molar-refractivity contribution >= 4 is 23.8 Å². The van der Waals surface area contributed by atoms with Crippen LogP contribution in [0.2, 0.25) is 0 Å². The molecule has 0 radical (unpaired) electrons. The molecule has 0 aromatic carbocycles. The van der Waals surface area contributed by atoms with Gasteiger partial charge in [-0.25, -0.2) is 4.79 Å². The summed E-state index contributed by atoms with van der Waals surface area (Å²) in [6.45, 7) is 2.98. The Kier molecular flexibility index (Phi) is 9.58. The summed E-state index contributed by atoms with van der Waals surface area (Å²) in [4.78, 5) is 45.4. The first-order chi connectivity index (χ1) is 11.1. The highest BCUT2D eigenvalue weighted by atomic mass is 16.4. The van der Waals surface area contributed by atoms with Crippen LogP contribution in [0.4, 0.5) is 0 Å². The van der Waals surface area contributed by atoms with Crippen LogP contribution in [0, 0.1) is 5.92 Å².